The van der Waals surface area contributed by atoms with Crippen LogP contribution in [0.3, 0.4) is 0 Å². The van der Waals surface area contributed by atoms with E-state index in [9.17, 15) is 0 Å². The Hall–Kier alpha value is -7.63. The van der Waals surface area contributed by atoms with Crippen LogP contribution in [0.15, 0.2) is 199 Å². The highest BCUT2D eigenvalue weighted by atomic mass is 16.3. The van der Waals surface area contributed by atoms with Gasteiger partial charge in [-0.3, -0.25) is 0 Å². The van der Waals surface area contributed by atoms with Crippen molar-refractivity contribution in [3.05, 3.63) is 194 Å². The average Bonchev–Trinajstić information content (AvgIpc) is 3.83. The fraction of sp³-hybridized carbons (Fsp3) is 0. The summed E-state index contributed by atoms with van der Waals surface area (Å²) < 4.78 is 9.23. The van der Waals surface area contributed by atoms with Crippen molar-refractivity contribution < 1.29 is 4.42 Å². The third-order valence-electron chi connectivity index (χ3n) is 10.6. The van der Waals surface area contributed by atoms with Gasteiger partial charge in [-0.25, -0.2) is 15.0 Å². The van der Waals surface area contributed by atoms with Gasteiger partial charge in [-0.05, 0) is 53.1 Å². The predicted molar refractivity (Wildman–Crippen MR) is 229 cm³/mol. The van der Waals surface area contributed by atoms with Gasteiger partial charge in [-0.15, -0.1) is 0 Å². The van der Waals surface area contributed by atoms with Crippen molar-refractivity contribution in [2.75, 3.05) is 0 Å². The van der Waals surface area contributed by atoms with Crippen molar-refractivity contribution in [3.8, 4) is 62.1 Å². The van der Waals surface area contributed by atoms with E-state index in [4.69, 9.17) is 19.4 Å². The second-order valence-electron chi connectivity index (χ2n) is 14.0. The minimum Gasteiger partial charge on any atom is -0.455 e. The molecule has 56 heavy (non-hydrogen) atoms. The standard InChI is InChI=1S/C51H32N4O/c1-4-16-33(17-5-1)36-22-14-23-37(30-36)50-52-49(35-20-8-3-9-21-35)53-51(54-50)41-26-15-29-46-47(41)43-32-38(31-42(48(43)56-46)34-18-6-2-7-19-34)55-44-27-12-10-24-39(44)40-25-11-13-28-45(40)55/h1-32H. The molecule has 0 saturated carbocycles. The lowest BCUT2D eigenvalue weighted by atomic mass is 9.99. The number of hydrogen-bond acceptors (Lipinski definition) is 4. The number of nitrogens with zero attached hydrogens (tertiary/aromatic N) is 4. The lowest BCUT2D eigenvalue weighted by Crippen LogP contribution is -2.00. The van der Waals surface area contributed by atoms with Crippen molar-refractivity contribution in [2.24, 2.45) is 0 Å². The lowest BCUT2D eigenvalue weighted by molar-refractivity contribution is 0.670. The van der Waals surface area contributed by atoms with Crippen LogP contribution in [0, 0.1) is 0 Å². The molecule has 11 rings (SSSR count). The predicted octanol–water partition coefficient (Wildman–Crippen LogP) is 13.2. The van der Waals surface area contributed by atoms with Crippen LogP contribution in [-0.2, 0) is 0 Å². The Morgan fingerprint density at radius 2 is 0.893 bits per heavy atom. The molecule has 262 valence electrons. The van der Waals surface area contributed by atoms with E-state index in [2.05, 4.69) is 144 Å². The summed E-state index contributed by atoms with van der Waals surface area (Å²) in [5.41, 5.74) is 11.9. The summed E-state index contributed by atoms with van der Waals surface area (Å²) in [4.78, 5) is 15.5. The molecule has 5 heteroatoms. The third-order valence-corrected chi connectivity index (χ3v) is 10.6. The molecule has 0 unspecified atom stereocenters. The molecular formula is C51H32N4O. The van der Waals surface area contributed by atoms with Crippen LogP contribution < -0.4 is 0 Å². The van der Waals surface area contributed by atoms with Gasteiger partial charge in [0.1, 0.15) is 11.2 Å². The Morgan fingerprint density at radius 1 is 0.357 bits per heavy atom. The molecule has 0 aliphatic rings. The molecule has 0 fully saturated rings. The fourth-order valence-corrected chi connectivity index (χ4v) is 8.07. The Labute approximate surface area is 322 Å². The Morgan fingerprint density at radius 3 is 1.59 bits per heavy atom. The molecule has 0 spiro atoms. The van der Waals surface area contributed by atoms with E-state index < -0.39 is 0 Å². The molecule has 8 aromatic carbocycles. The van der Waals surface area contributed by atoms with Crippen LogP contribution >= 0.6 is 0 Å². The van der Waals surface area contributed by atoms with Gasteiger partial charge in [0.05, 0.1) is 11.0 Å². The number of para-hydroxylation sites is 2. The van der Waals surface area contributed by atoms with Crippen molar-refractivity contribution >= 4 is 43.7 Å². The van der Waals surface area contributed by atoms with E-state index in [1.54, 1.807) is 0 Å². The quantitative estimate of drug-likeness (QED) is 0.172. The zero-order chi connectivity index (χ0) is 37.0. The molecule has 5 nitrogen and oxygen atoms in total. The highest BCUT2D eigenvalue weighted by Crippen LogP contribution is 2.43. The van der Waals surface area contributed by atoms with Crippen molar-refractivity contribution in [1.29, 1.82) is 0 Å². The van der Waals surface area contributed by atoms with Crippen molar-refractivity contribution in [2.45, 2.75) is 0 Å². The number of rotatable bonds is 6. The normalized spacial score (nSPS) is 11.6. The van der Waals surface area contributed by atoms with Gasteiger partial charge in [-0.1, -0.05) is 158 Å². The summed E-state index contributed by atoms with van der Waals surface area (Å²) in [5.74, 6) is 1.79. The molecule has 3 aromatic heterocycles. The summed E-state index contributed by atoms with van der Waals surface area (Å²) in [5, 5.41) is 4.37. The van der Waals surface area contributed by atoms with Crippen LogP contribution in [0.1, 0.15) is 0 Å². The Balaban J connectivity index is 1.19. The number of benzene rings is 8. The van der Waals surface area contributed by atoms with E-state index in [0.717, 1.165) is 77.6 Å². The minimum atomic E-state index is 0.579. The molecule has 11 aromatic rings. The summed E-state index contributed by atoms with van der Waals surface area (Å²) in [6, 6.07) is 67.3. The highest BCUT2D eigenvalue weighted by Gasteiger charge is 2.22. The molecule has 0 radical (unpaired) electrons. The third kappa shape index (κ3) is 5.29. The first-order chi connectivity index (χ1) is 27.8. The number of aromatic nitrogens is 4. The van der Waals surface area contributed by atoms with E-state index in [1.165, 1.54) is 10.8 Å². The zero-order valence-corrected chi connectivity index (χ0v) is 30.2. The number of furan rings is 1. The summed E-state index contributed by atoms with van der Waals surface area (Å²) >= 11 is 0. The maximum atomic E-state index is 6.86. The summed E-state index contributed by atoms with van der Waals surface area (Å²) in [6.07, 6.45) is 0. The second kappa shape index (κ2) is 13.0. The molecule has 0 aliphatic heterocycles. The van der Waals surface area contributed by atoms with E-state index in [-0.39, 0.29) is 0 Å². The van der Waals surface area contributed by atoms with Crippen LogP contribution in [0.4, 0.5) is 0 Å². The van der Waals surface area contributed by atoms with Gasteiger partial charge in [0, 0.05) is 49.5 Å². The van der Waals surface area contributed by atoms with Gasteiger partial charge < -0.3 is 8.98 Å². The molecule has 0 bridgehead atoms. The summed E-state index contributed by atoms with van der Waals surface area (Å²) in [6.45, 7) is 0. The van der Waals surface area contributed by atoms with E-state index in [0.29, 0.717) is 17.5 Å². The SMILES string of the molecule is c1ccc(-c2cccc(-c3nc(-c4ccccc4)nc(-c4cccc5oc6c(-c7ccccc7)cc(-n7c8ccccc8c8ccccc87)cc6c45)n3)c2)cc1. The second-order valence-corrected chi connectivity index (χ2v) is 14.0. The molecule has 0 amide bonds. The maximum Gasteiger partial charge on any atom is 0.164 e. The maximum absolute atomic E-state index is 6.86. The summed E-state index contributed by atoms with van der Waals surface area (Å²) in [7, 11) is 0. The van der Waals surface area contributed by atoms with Crippen molar-refractivity contribution in [1.82, 2.24) is 19.5 Å². The van der Waals surface area contributed by atoms with E-state index in [1.807, 2.05) is 54.6 Å². The first kappa shape index (κ1) is 31.9. The van der Waals surface area contributed by atoms with Crippen LogP contribution in [0.25, 0.3) is 106 Å². The first-order valence-electron chi connectivity index (χ1n) is 18.8. The molecule has 0 N–H and O–H groups in total. The Kier molecular flexibility index (Phi) is 7.42. The molecule has 0 aliphatic carbocycles. The smallest absolute Gasteiger partial charge is 0.164 e. The van der Waals surface area contributed by atoms with Crippen LogP contribution in [-0.4, -0.2) is 19.5 Å². The lowest BCUT2D eigenvalue weighted by Gasteiger charge is -2.12. The highest BCUT2D eigenvalue weighted by molar-refractivity contribution is 6.16. The average molecular weight is 717 g/mol. The topological polar surface area (TPSA) is 56.7 Å². The van der Waals surface area contributed by atoms with Crippen LogP contribution in [0.5, 0.6) is 0 Å². The van der Waals surface area contributed by atoms with Crippen molar-refractivity contribution in [3.63, 3.8) is 0 Å². The minimum absolute atomic E-state index is 0.579. The molecule has 3 heterocycles. The van der Waals surface area contributed by atoms with Gasteiger partial charge in [0.25, 0.3) is 0 Å². The van der Waals surface area contributed by atoms with Gasteiger partial charge in [-0.2, -0.15) is 0 Å². The zero-order valence-electron chi connectivity index (χ0n) is 30.2. The molecule has 0 atom stereocenters. The van der Waals surface area contributed by atoms with E-state index >= 15 is 0 Å². The molecular weight excluding hydrogens is 685 g/mol. The first-order valence-corrected chi connectivity index (χ1v) is 18.8. The fourth-order valence-electron chi connectivity index (χ4n) is 8.07. The van der Waals surface area contributed by atoms with Gasteiger partial charge in [0.15, 0.2) is 17.5 Å². The van der Waals surface area contributed by atoms with Crippen LogP contribution in [0.2, 0.25) is 0 Å². The monoisotopic (exact) mass is 716 g/mol. The largest absolute Gasteiger partial charge is 0.455 e. The Bertz CT molecular complexity index is 3190. The van der Waals surface area contributed by atoms with Gasteiger partial charge in [0.2, 0.25) is 0 Å². The number of fused-ring (bicyclic) bond motifs is 6. The van der Waals surface area contributed by atoms with Gasteiger partial charge >= 0.3 is 0 Å². The number of hydrogen-bond donors (Lipinski definition) is 0. The molecule has 0 saturated heterocycles.